The predicted molar refractivity (Wildman–Crippen MR) is 94.2 cm³/mol. The molecular formula is C18H17N3O5. The number of hydrogen-bond acceptors (Lipinski definition) is 6. The minimum atomic E-state index is -0.514. The summed E-state index contributed by atoms with van der Waals surface area (Å²) in [5.41, 5.74) is 0.482. The van der Waals surface area contributed by atoms with Crippen LogP contribution in [0.5, 0.6) is 11.5 Å². The first kappa shape index (κ1) is 18.7. The quantitative estimate of drug-likeness (QED) is 0.532. The molecule has 2 aromatic carbocycles. The fraction of sp³-hybridized carbons (Fsp3) is 0.222. The Morgan fingerprint density at radius 2 is 1.92 bits per heavy atom. The average Bonchev–Trinajstić information content (AvgIpc) is 2.67. The van der Waals surface area contributed by atoms with Gasteiger partial charge in [-0.25, -0.2) is 0 Å². The molecule has 0 spiro atoms. The lowest BCUT2D eigenvalue weighted by molar-refractivity contribution is -0.384. The maximum absolute atomic E-state index is 12.6. The van der Waals surface area contributed by atoms with E-state index in [2.05, 4.69) is 0 Å². The summed E-state index contributed by atoms with van der Waals surface area (Å²) in [4.78, 5) is 24.2. The fourth-order valence-corrected chi connectivity index (χ4v) is 2.28. The van der Waals surface area contributed by atoms with Crippen LogP contribution in [0.4, 0.5) is 11.4 Å². The molecule has 0 N–H and O–H groups in total. The van der Waals surface area contributed by atoms with Crippen molar-refractivity contribution in [2.24, 2.45) is 0 Å². The van der Waals surface area contributed by atoms with Crippen LogP contribution in [-0.2, 0) is 4.79 Å². The number of non-ortho nitro benzene ring substituents is 1. The number of rotatable bonds is 8. The smallest absolute Gasteiger partial charge is 0.269 e. The Hall–Kier alpha value is -3.60. The number of para-hydroxylation sites is 2. The van der Waals surface area contributed by atoms with Crippen LogP contribution in [0, 0.1) is 21.4 Å². The Morgan fingerprint density at radius 1 is 1.23 bits per heavy atom. The lowest BCUT2D eigenvalue weighted by atomic mass is 10.2. The Labute approximate surface area is 150 Å². The molecular weight excluding hydrogens is 338 g/mol. The van der Waals surface area contributed by atoms with Crippen LogP contribution in [0.3, 0.4) is 0 Å². The first-order chi connectivity index (χ1) is 12.6. The highest BCUT2D eigenvalue weighted by molar-refractivity contribution is 5.95. The molecule has 2 rings (SSSR count). The second-order valence-corrected chi connectivity index (χ2v) is 5.17. The van der Waals surface area contributed by atoms with Gasteiger partial charge in [0.25, 0.3) is 11.6 Å². The van der Waals surface area contributed by atoms with E-state index in [0.29, 0.717) is 17.2 Å². The Morgan fingerprint density at radius 3 is 2.54 bits per heavy atom. The number of nitrogens with zero attached hydrogens (tertiary/aromatic N) is 3. The molecule has 0 fully saturated rings. The maximum Gasteiger partial charge on any atom is 0.269 e. The number of nitriles is 1. The molecule has 8 heteroatoms. The van der Waals surface area contributed by atoms with Crippen molar-refractivity contribution in [1.29, 1.82) is 5.26 Å². The average molecular weight is 355 g/mol. The topological polar surface area (TPSA) is 106 Å². The van der Waals surface area contributed by atoms with Crippen LogP contribution >= 0.6 is 0 Å². The fourth-order valence-electron chi connectivity index (χ4n) is 2.28. The van der Waals surface area contributed by atoms with Crippen molar-refractivity contribution in [1.82, 2.24) is 0 Å². The molecule has 0 saturated carbocycles. The number of carbonyl (C=O) groups excluding carboxylic acids is 1. The van der Waals surface area contributed by atoms with Crippen LogP contribution < -0.4 is 14.4 Å². The molecule has 2 aromatic rings. The number of ether oxygens (including phenoxy) is 2. The number of benzene rings is 2. The van der Waals surface area contributed by atoms with Gasteiger partial charge in [0.1, 0.15) is 11.5 Å². The number of anilines is 1. The van der Waals surface area contributed by atoms with Gasteiger partial charge < -0.3 is 14.4 Å². The highest BCUT2D eigenvalue weighted by atomic mass is 16.6. The first-order valence-electron chi connectivity index (χ1n) is 7.74. The summed E-state index contributed by atoms with van der Waals surface area (Å²) in [6, 6.07) is 14.4. The SMILES string of the molecule is COc1ccccc1N(CCC#N)C(=O)COc1ccc([N+](=O)[O-])cc1. The normalized spacial score (nSPS) is 9.85. The zero-order valence-electron chi connectivity index (χ0n) is 14.1. The van der Waals surface area contributed by atoms with E-state index in [9.17, 15) is 14.9 Å². The molecule has 0 heterocycles. The summed E-state index contributed by atoms with van der Waals surface area (Å²) < 4.78 is 10.7. The summed E-state index contributed by atoms with van der Waals surface area (Å²) in [7, 11) is 1.50. The van der Waals surface area contributed by atoms with E-state index in [1.54, 1.807) is 24.3 Å². The van der Waals surface area contributed by atoms with Crippen LogP contribution in [0.2, 0.25) is 0 Å². The summed E-state index contributed by atoms with van der Waals surface area (Å²) in [6.45, 7) is -0.0827. The van der Waals surface area contributed by atoms with E-state index < -0.39 is 4.92 Å². The standard InChI is InChI=1S/C18H17N3O5/c1-25-17-6-3-2-5-16(17)20(12-4-11-19)18(22)13-26-15-9-7-14(8-10-15)21(23)24/h2-3,5-10H,4,12-13H2,1H3. The van der Waals surface area contributed by atoms with Gasteiger partial charge in [-0.3, -0.25) is 14.9 Å². The van der Waals surface area contributed by atoms with Gasteiger partial charge in [-0.15, -0.1) is 0 Å². The zero-order valence-corrected chi connectivity index (χ0v) is 14.1. The van der Waals surface area contributed by atoms with Crippen LogP contribution in [0.1, 0.15) is 6.42 Å². The Balaban J connectivity index is 2.11. The van der Waals surface area contributed by atoms with E-state index in [1.165, 1.54) is 36.3 Å². The van der Waals surface area contributed by atoms with Crippen LogP contribution in [-0.4, -0.2) is 31.1 Å². The monoisotopic (exact) mass is 355 g/mol. The number of nitro benzene ring substituents is 1. The van der Waals surface area contributed by atoms with Gasteiger partial charge in [0.05, 0.1) is 30.2 Å². The van der Waals surface area contributed by atoms with Crippen molar-refractivity contribution in [2.75, 3.05) is 25.2 Å². The van der Waals surface area contributed by atoms with E-state index in [-0.39, 0.29) is 31.2 Å². The molecule has 134 valence electrons. The summed E-state index contributed by atoms with van der Waals surface area (Å²) in [5.74, 6) is 0.487. The number of carbonyl (C=O) groups is 1. The van der Waals surface area contributed by atoms with Crippen LogP contribution in [0.25, 0.3) is 0 Å². The third kappa shape index (κ3) is 4.70. The number of methoxy groups -OCH3 is 1. The molecule has 0 radical (unpaired) electrons. The van der Waals surface area contributed by atoms with Gasteiger partial charge in [0.2, 0.25) is 0 Å². The molecule has 8 nitrogen and oxygen atoms in total. The molecule has 0 aliphatic rings. The lowest BCUT2D eigenvalue weighted by Crippen LogP contribution is -2.36. The van der Waals surface area contributed by atoms with E-state index in [1.807, 2.05) is 6.07 Å². The highest BCUT2D eigenvalue weighted by Gasteiger charge is 2.19. The van der Waals surface area contributed by atoms with Gasteiger partial charge in [-0.2, -0.15) is 5.26 Å². The van der Waals surface area contributed by atoms with Gasteiger partial charge in [-0.05, 0) is 24.3 Å². The van der Waals surface area contributed by atoms with Crippen molar-refractivity contribution in [2.45, 2.75) is 6.42 Å². The van der Waals surface area contributed by atoms with Gasteiger partial charge in [-0.1, -0.05) is 12.1 Å². The third-order valence-corrected chi connectivity index (χ3v) is 3.53. The summed E-state index contributed by atoms with van der Waals surface area (Å²) in [5, 5.41) is 19.5. The minimum absolute atomic E-state index is 0.0617. The van der Waals surface area contributed by atoms with Crippen LogP contribution in [0.15, 0.2) is 48.5 Å². The van der Waals surface area contributed by atoms with E-state index in [0.717, 1.165) is 0 Å². The molecule has 1 amide bonds. The molecule has 0 bridgehead atoms. The number of amides is 1. The number of nitro groups is 1. The largest absolute Gasteiger partial charge is 0.495 e. The highest BCUT2D eigenvalue weighted by Crippen LogP contribution is 2.28. The van der Waals surface area contributed by atoms with Crippen molar-refractivity contribution >= 4 is 17.3 Å². The van der Waals surface area contributed by atoms with Crippen molar-refractivity contribution in [3.63, 3.8) is 0 Å². The second-order valence-electron chi connectivity index (χ2n) is 5.17. The van der Waals surface area contributed by atoms with E-state index in [4.69, 9.17) is 14.7 Å². The summed E-state index contributed by atoms with van der Waals surface area (Å²) in [6.07, 6.45) is 0.154. The van der Waals surface area contributed by atoms with Gasteiger partial charge in [0, 0.05) is 18.7 Å². The molecule has 0 saturated heterocycles. The van der Waals surface area contributed by atoms with Crippen molar-refractivity contribution in [3.8, 4) is 17.6 Å². The molecule has 0 aliphatic carbocycles. The Bertz CT molecular complexity index is 814. The molecule has 0 unspecified atom stereocenters. The third-order valence-electron chi connectivity index (χ3n) is 3.53. The first-order valence-corrected chi connectivity index (χ1v) is 7.74. The number of hydrogen-bond donors (Lipinski definition) is 0. The Kier molecular flexibility index (Phi) is 6.51. The summed E-state index contributed by atoms with van der Waals surface area (Å²) >= 11 is 0. The predicted octanol–water partition coefficient (Wildman–Crippen LogP) is 2.93. The molecule has 26 heavy (non-hydrogen) atoms. The zero-order chi connectivity index (χ0) is 18.9. The van der Waals surface area contributed by atoms with E-state index >= 15 is 0 Å². The van der Waals surface area contributed by atoms with Crippen molar-refractivity contribution in [3.05, 3.63) is 58.6 Å². The van der Waals surface area contributed by atoms with Crippen molar-refractivity contribution < 1.29 is 19.2 Å². The molecule has 0 aliphatic heterocycles. The van der Waals surface area contributed by atoms with Gasteiger partial charge in [0.15, 0.2) is 6.61 Å². The second kappa shape index (κ2) is 9.03. The lowest BCUT2D eigenvalue weighted by Gasteiger charge is -2.23. The minimum Gasteiger partial charge on any atom is -0.495 e. The maximum atomic E-state index is 12.6. The van der Waals surface area contributed by atoms with Gasteiger partial charge >= 0.3 is 0 Å². The molecule has 0 atom stereocenters. The molecule has 0 aromatic heterocycles.